The van der Waals surface area contributed by atoms with Crippen LogP contribution < -0.4 is 5.32 Å². The second-order valence-electron chi connectivity index (χ2n) is 4.41. The molecule has 0 aliphatic carbocycles. The Morgan fingerprint density at radius 3 is 3.15 bits per heavy atom. The summed E-state index contributed by atoms with van der Waals surface area (Å²) in [6.45, 7) is 0.632. The monoisotopic (exact) mass is 289 g/mol. The summed E-state index contributed by atoms with van der Waals surface area (Å²) in [7, 11) is 0. The molecule has 0 spiro atoms. The number of aromatic nitrogens is 2. The second kappa shape index (κ2) is 5.42. The number of carbonyl (C=O) groups is 1. The average molecular weight is 289 g/mol. The molecule has 0 saturated carbocycles. The first-order valence-electron chi connectivity index (χ1n) is 6.10. The van der Waals surface area contributed by atoms with Gasteiger partial charge in [0.15, 0.2) is 0 Å². The maximum absolute atomic E-state index is 13.3. The molecule has 0 aliphatic heterocycles. The maximum atomic E-state index is 13.3. The standard InChI is InChI=1S/C14H12FN3OS/c15-11-1-2-13-12(5-11)10(8-20-13)6-17-14(19)7-18-4-3-16-9-18/h1-5,8-9H,6-7H2,(H,17,19). The van der Waals surface area contributed by atoms with Crippen LogP contribution in [0.3, 0.4) is 0 Å². The summed E-state index contributed by atoms with van der Waals surface area (Å²) in [4.78, 5) is 15.7. The molecular formula is C14H12FN3OS. The Morgan fingerprint density at radius 1 is 1.45 bits per heavy atom. The summed E-state index contributed by atoms with van der Waals surface area (Å²) in [6, 6.07) is 4.70. The highest BCUT2D eigenvalue weighted by molar-refractivity contribution is 7.17. The van der Waals surface area contributed by atoms with Crippen LogP contribution in [0.5, 0.6) is 0 Å². The normalized spacial score (nSPS) is 10.8. The highest BCUT2D eigenvalue weighted by atomic mass is 32.1. The summed E-state index contributed by atoms with van der Waals surface area (Å²) in [6.07, 6.45) is 4.95. The second-order valence-corrected chi connectivity index (χ2v) is 5.32. The lowest BCUT2D eigenvalue weighted by molar-refractivity contribution is -0.121. The van der Waals surface area contributed by atoms with Crippen molar-refractivity contribution in [3.8, 4) is 0 Å². The maximum Gasteiger partial charge on any atom is 0.240 e. The van der Waals surface area contributed by atoms with Crippen LogP contribution in [0.15, 0.2) is 42.3 Å². The largest absolute Gasteiger partial charge is 0.350 e. The van der Waals surface area contributed by atoms with Crippen molar-refractivity contribution in [3.05, 3.63) is 53.7 Å². The number of carbonyl (C=O) groups excluding carboxylic acids is 1. The number of imidazole rings is 1. The Morgan fingerprint density at radius 2 is 2.35 bits per heavy atom. The fraction of sp³-hybridized carbons (Fsp3) is 0.143. The molecule has 102 valence electrons. The predicted octanol–water partition coefficient (Wildman–Crippen LogP) is 2.55. The molecule has 1 N–H and O–H groups in total. The molecule has 0 saturated heterocycles. The molecule has 2 heterocycles. The SMILES string of the molecule is O=C(Cn1ccnc1)NCc1csc2ccc(F)cc12. The Labute approximate surface area is 118 Å². The van der Waals surface area contributed by atoms with Gasteiger partial charge in [-0.1, -0.05) is 0 Å². The highest BCUT2D eigenvalue weighted by Gasteiger charge is 2.07. The molecule has 3 aromatic rings. The van der Waals surface area contributed by atoms with Gasteiger partial charge in [-0.3, -0.25) is 4.79 Å². The summed E-state index contributed by atoms with van der Waals surface area (Å²) >= 11 is 1.55. The minimum absolute atomic E-state index is 0.0984. The summed E-state index contributed by atoms with van der Waals surface area (Å²) < 4.78 is 16.0. The van der Waals surface area contributed by atoms with Crippen LogP contribution in [0.1, 0.15) is 5.56 Å². The minimum Gasteiger partial charge on any atom is -0.350 e. The zero-order valence-electron chi connectivity index (χ0n) is 10.5. The average Bonchev–Trinajstić information content (AvgIpc) is 3.05. The van der Waals surface area contributed by atoms with Crippen LogP contribution in [0.25, 0.3) is 10.1 Å². The number of halogens is 1. The van der Waals surface area contributed by atoms with Gasteiger partial charge in [0.05, 0.1) is 6.33 Å². The Hall–Kier alpha value is -2.21. The van der Waals surface area contributed by atoms with Gasteiger partial charge in [-0.15, -0.1) is 11.3 Å². The third kappa shape index (κ3) is 2.70. The number of amides is 1. The number of nitrogens with zero attached hydrogens (tertiary/aromatic N) is 2. The van der Waals surface area contributed by atoms with Gasteiger partial charge in [-0.25, -0.2) is 9.37 Å². The quantitative estimate of drug-likeness (QED) is 0.802. The summed E-state index contributed by atoms with van der Waals surface area (Å²) in [5.41, 5.74) is 0.934. The number of nitrogens with one attached hydrogen (secondary N) is 1. The first-order chi connectivity index (χ1) is 9.72. The summed E-state index contributed by atoms with van der Waals surface area (Å²) in [5.74, 6) is -0.361. The van der Waals surface area contributed by atoms with Crippen molar-refractivity contribution in [2.24, 2.45) is 0 Å². The van der Waals surface area contributed by atoms with Crippen LogP contribution in [-0.2, 0) is 17.9 Å². The predicted molar refractivity (Wildman–Crippen MR) is 75.9 cm³/mol. The van der Waals surface area contributed by atoms with Crippen molar-refractivity contribution in [1.82, 2.24) is 14.9 Å². The zero-order chi connectivity index (χ0) is 13.9. The van der Waals surface area contributed by atoms with E-state index in [-0.39, 0.29) is 18.3 Å². The zero-order valence-corrected chi connectivity index (χ0v) is 11.4. The van der Waals surface area contributed by atoms with Crippen molar-refractivity contribution < 1.29 is 9.18 Å². The third-order valence-corrected chi connectivity index (χ3v) is 3.99. The van der Waals surface area contributed by atoms with E-state index in [0.717, 1.165) is 15.6 Å². The van der Waals surface area contributed by atoms with Crippen LogP contribution in [0.2, 0.25) is 0 Å². The first-order valence-corrected chi connectivity index (χ1v) is 6.98. The molecule has 20 heavy (non-hydrogen) atoms. The Kier molecular flexibility index (Phi) is 3.47. The van der Waals surface area contributed by atoms with E-state index < -0.39 is 0 Å². The molecule has 6 heteroatoms. The van der Waals surface area contributed by atoms with Gasteiger partial charge in [0.1, 0.15) is 12.4 Å². The number of thiophene rings is 1. The molecule has 0 atom stereocenters. The third-order valence-electron chi connectivity index (χ3n) is 2.98. The van der Waals surface area contributed by atoms with E-state index in [9.17, 15) is 9.18 Å². The lowest BCUT2D eigenvalue weighted by atomic mass is 10.2. The van der Waals surface area contributed by atoms with Crippen molar-refractivity contribution in [3.63, 3.8) is 0 Å². The van der Waals surface area contributed by atoms with E-state index >= 15 is 0 Å². The van der Waals surface area contributed by atoms with Gasteiger partial charge in [-0.05, 0) is 29.1 Å². The lowest BCUT2D eigenvalue weighted by Gasteiger charge is -2.05. The van der Waals surface area contributed by atoms with Gasteiger partial charge in [0, 0.05) is 29.0 Å². The molecule has 0 unspecified atom stereocenters. The number of hydrogen-bond acceptors (Lipinski definition) is 3. The Bertz CT molecular complexity index is 736. The molecule has 3 rings (SSSR count). The van der Waals surface area contributed by atoms with E-state index in [1.54, 1.807) is 40.7 Å². The molecule has 1 amide bonds. The molecule has 0 fully saturated rings. The van der Waals surface area contributed by atoms with Crippen molar-refractivity contribution in [2.45, 2.75) is 13.1 Å². The van der Waals surface area contributed by atoms with E-state index in [1.807, 2.05) is 5.38 Å². The van der Waals surface area contributed by atoms with E-state index in [0.29, 0.717) is 6.54 Å². The van der Waals surface area contributed by atoms with Crippen LogP contribution in [-0.4, -0.2) is 15.5 Å². The number of hydrogen-bond donors (Lipinski definition) is 1. The molecule has 4 nitrogen and oxygen atoms in total. The van der Waals surface area contributed by atoms with Crippen LogP contribution >= 0.6 is 11.3 Å². The molecule has 2 aromatic heterocycles. The van der Waals surface area contributed by atoms with Gasteiger partial charge in [0.25, 0.3) is 0 Å². The minimum atomic E-state index is -0.262. The molecule has 0 bridgehead atoms. The number of fused-ring (bicyclic) bond motifs is 1. The fourth-order valence-electron chi connectivity index (χ4n) is 1.99. The topological polar surface area (TPSA) is 46.9 Å². The van der Waals surface area contributed by atoms with E-state index in [4.69, 9.17) is 0 Å². The Balaban J connectivity index is 1.67. The van der Waals surface area contributed by atoms with Gasteiger partial charge in [0.2, 0.25) is 5.91 Å². The first kappa shape index (κ1) is 12.8. The fourth-order valence-corrected chi connectivity index (χ4v) is 2.93. The smallest absolute Gasteiger partial charge is 0.240 e. The number of benzene rings is 1. The van der Waals surface area contributed by atoms with Gasteiger partial charge in [-0.2, -0.15) is 0 Å². The van der Waals surface area contributed by atoms with E-state index in [2.05, 4.69) is 10.3 Å². The van der Waals surface area contributed by atoms with Crippen molar-refractivity contribution >= 4 is 27.3 Å². The molecular weight excluding hydrogens is 277 g/mol. The molecule has 1 aromatic carbocycles. The van der Waals surface area contributed by atoms with Crippen molar-refractivity contribution in [2.75, 3.05) is 0 Å². The molecule has 0 radical (unpaired) electrons. The highest BCUT2D eigenvalue weighted by Crippen LogP contribution is 2.26. The van der Waals surface area contributed by atoms with E-state index in [1.165, 1.54) is 12.1 Å². The number of rotatable bonds is 4. The van der Waals surface area contributed by atoms with Crippen molar-refractivity contribution in [1.29, 1.82) is 0 Å². The lowest BCUT2D eigenvalue weighted by Crippen LogP contribution is -2.26. The van der Waals surface area contributed by atoms with Gasteiger partial charge < -0.3 is 9.88 Å². The summed E-state index contributed by atoms with van der Waals surface area (Å²) in [5, 5.41) is 5.64. The van der Waals surface area contributed by atoms with Crippen LogP contribution in [0, 0.1) is 5.82 Å². The van der Waals surface area contributed by atoms with Crippen LogP contribution in [0.4, 0.5) is 4.39 Å². The van der Waals surface area contributed by atoms with Gasteiger partial charge >= 0.3 is 0 Å². The molecule has 0 aliphatic rings.